The summed E-state index contributed by atoms with van der Waals surface area (Å²) in [6, 6.07) is 8.58. The van der Waals surface area contributed by atoms with E-state index in [1.54, 1.807) is 0 Å². The van der Waals surface area contributed by atoms with E-state index in [1.807, 2.05) is 27.9 Å². The average Bonchev–Trinajstić information content (AvgIpc) is 2.27. The third-order valence-corrected chi connectivity index (χ3v) is 3.57. The molecule has 0 spiro atoms. The van der Waals surface area contributed by atoms with Crippen molar-refractivity contribution in [1.29, 1.82) is 0 Å². The molecule has 0 aliphatic rings. The molecule has 1 atom stereocenters. The van der Waals surface area contributed by atoms with Gasteiger partial charge in [-0.2, -0.15) is 0 Å². The maximum Gasteiger partial charge on any atom is 0.303 e. The van der Waals surface area contributed by atoms with Crippen LogP contribution in [-0.2, 0) is 11.2 Å². The summed E-state index contributed by atoms with van der Waals surface area (Å²) in [7, 11) is 4.00. The Morgan fingerprint density at radius 1 is 1.26 bits per heavy atom. The first kappa shape index (κ1) is 15.7. The molecule has 0 aliphatic heterocycles. The lowest BCUT2D eigenvalue weighted by atomic mass is 9.77. The summed E-state index contributed by atoms with van der Waals surface area (Å²) < 4.78 is 0. The number of aryl methyl sites for hydroxylation is 1. The molecule has 1 rings (SSSR count). The molecule has 0 aromatic heterocycles. The summed E-state index contributed by atoms with van der Waals surface area (Å²) in [5, 5.41) is 9.09. The summed E-state index contributed by atoms with van der Waals surface area (Å²) in [6.07, 6.45) is 1.18. The first-order chi connectivity index (χ1) is 8.77. The van der Waals surface area contributed by atoms with Crippen LogP contribution in [0.15, 0.2) is 24.3 Å². The molecule has 0 radical (unpaired) electrons. The lowest BCUT2D eigenvalue weighted by Gasteiger charge is -2.38. The van der Waals surface area contributed by atoms with E-state index in [0.29, 0.717) is 0 Å². The Kier molecular flexibility index (Phi) is 5.12. The van der Waals surface area contributed by atoms with Crippen molar-refractivity contribution < 1.29 is 9.90 Å². The van der Waals surface area contributed by atoms with E-state index in [4.69, 9.17) is 5.11 Å². The maximum absolute atomic E-state index is 11.1. The third-order valence-electron chi connectivity index (χ3n) is 3.57. The Bertz CT molecular complexity index is 421. The second kappa shape index (κ2) is 6.20. The molecule has 1 aromatic carbocycles. The van der Waals surface area contributed by atoms with E-state index >= 15 is 0 Å². The van der Waals surface area contributed by atoms with Crippen LogP contribution < -0.4 is 0 Å². The quantitative estimate of drug-likeness (QED) is 0.855. The highest BCUT2D eigenvalue weighted by molar-refractivity contribution is 5.67. The van der Waals surface area contributed by atoms with Gasteiger partial charge in [0.15, 0.2) is 0 Å². The summed E-state index contributed by atoms with van der Waals surface area (Å²) in [6.45, 7) is 6.16. The van der Waals surface area contributed by atoms with Crippen molar-refractivity contribution in [3.63, 3.8) is 0 Å². The van der Waals surface area contributed by atoms with E-state index in [2.05, 4.69) is 36.1 Å². The van der Waals surface area contributed by atoms with Gasteiger partial charge in [-0.15, -0.1) is 0 Å². The van der Waals surface area contributed by atoms with Gasteiger partial charge in [-0.3, -0.25) is 4.79 Å². The number of carboxylic acids is 1. The Morgan fingerprint density at radius 2 is 1.79 bits per heavy atom. The summed E-state index contributed by atoms with van der Waals surface area (Å²) in [5.74, 6) is -0.748. The standard InChI is InChI=1S/C16H25NO2/c1-6-12-7-9-13(10-8-12)15(17(4)5)16(2,3)11-14(18)19/h7-10,15H,6,11H2,1-5H3,(H,18,19). The number of aliphatic carboxylic acids is 1. The van der Waals surface area contributed by atoms with Crippen LogP contribution >= 0.6 is 0 Å². The van der Waals surface area contributed by atoms with Gasteiger partial charge < -0.3 is 10.0 Å². The Hall–Kier alpha value is -1.35. The van der Waals surface area contributed by atoms with Crippen LogP contribution in [0.4, 0.5) is 0 Å². The van der Waals surface area contributed by atoms with Gasteiger partial charge in [0.05, 0.1) is 6.42 Å². The number of carbonyl (C=O) groups is 1. The number of rotatable bonds is 6. The number of hydrogen-bond acceptors (Lipinski definition) is 2. The van der Waals surface area contributed by atoms with Gasteiger partial charge in [0.1, 0.15) is 0 Å². The minimum atomic E-state index is -0.748. The molecule has 106 valence electrons. The van der Waals surface area contributed by atoms with Crippen molar-refractivity contribution in [3.05, 3.63) is 35.4 Å². The van der Waals surface area contributed by atoms with Crippen molar-refractivity contribution in [3.8, 4) is 0 Å². The predicted octanol–water partition coefficient (Wildman–Crippen LogP) is 3.35. The first-order valence-electron chi connectivity index (χ1n) is 6.75. The monoisotopic (exact) mass is 263 g/mol. The van der Waals surface area contributed by atoms with Crippen LogP contribution in [0.2, 0.25) is 0 Å². The van der Waals surface area contributed by atoms with Crippen molar-refractivity contribution in [2.24, 2.45) is 5.41 Å². The average molecular weight is 263 g/mol. The topological polar surface area (TPSA) is 40.5 Å². The predicted molar refractivity (Wildman–Crippen MR) is 78.3 cm³/mol. The Balaban J connectivity index is 3.08. The summed E-state index contributed by atoms with van der Waals surface area (Å²) in [4.78, 5) is 13.2. The molecule has 0 saturated heterocycles. The first-order valence-corrected chi connectivity index (χ1v) is 6.75. The van der Waals surface area contributed by atoms with Crippen LogP contribution in [0.3, 0.4) is 0 Å². The van der Waals surface area contributed by atoms with Gasteiger partial charge in [-0.25, -0.2) is 0 Å². The third kappa shape index (κ3) is 4.06. The number of carboxylic acid groups (broad SMARTS) is 1. The van der Waals surface area contributed by atoms with Gasteiger partial charge >= 0.3 is 5.97 Å². The highest BCUT2D eigenvalue weighted by atomic mass is 16.4. The zero-order valence-electron chi connectivity index (χ0n) is 12.6. The highest BCUT2D eigenvalue weighted by Gasteiger charge is 2.34. The van der Waals surface area contributed by atoms with Crippen LogP contribution in [-0.4, -0.2) is 30.1 Å². The van der Waals surface area contributed by atoms with Crippen LogP contribution in [0, 0.1) is 5.41 Å². The molecule has 19 heavy (non-hydrogen) atoms. The second-order valence-corrected chi connectivity index (χ2v) is 6.02. The lowest BCUT2D eigenvalue weighted by Crippen LogP contribution is -2.35. The van der Waals surface area contributed by atoms with Crippen LogP contribution in [0.25, 0.3) is 0 Å². The fraction of sp³-hybridized carbons (Fsp3) is 0.562. The Labute approximate surface area is 116 Å². The van der Waals surface area contributed by atoms with Crippen molar-refractivity contribution in [2.75, 3.05) is 14.1 Å². The zero-order chi connectivity index (χ0) is 14.6. The minimum absolute atomic E-state index is 0.0921. The van der Waals surface area contributed by atoms with Gasteiger partial charge in [0.2, 0.25) is 0 Å². The number of benzene rings is 1. The molecular formula is C16H25NO2. The minimum Gasteiger partial charge on any atom is -0.481 e. The summed E-state index contributed by atoms with van der Waals surface area (Å²) >= 11 is 0. The molecule has 1 N–H and O–H groups in total. The fourth-order valence-corrected chi connectivity index (χ4v) is 2.87. The molecule has 3 nitrogen and oxygen atoms in total. The van der Waals surface area contributed by atoms with E-state index in [-0.39, 0.29) is 17.9 Å². The molecule has 0 saturated carbocycles. The van der Waals surface area contributed by atoms with Crippen molar-refractivity contribution in [1.82, 2.24) is 4.90 Å². The maximum atomic E-state index is 11.1. The SMILES string of the molecule is CCc1ccc(C(N(C)C)C(C)(C)CC(=O)O)cc1. The van der Waals surface area contributed by atoms with Crippen molar-refractivity contribution >= 4 is 5.97 Å². The lowest BCUT2D eigenvalue weighted by molar-refractivity contribution is -0.140. The molecule has 0 amide bonds. The second-order valence-electron chi connectivity index (χ2n) is 6.02. The fourth-order valence-electron chi connectivity index (χ4n) is 2.87. The molecular weight excluding hydrogens is 238 g/mol. The van der Waals surface area contributed by atoms with E-state index in [0.717, 1.165) is 6.42 Å². The number of hydrogen-bond donors (Lipinski definition) is 1. The van der Waals surface area contributed by atoms with Gasteiger partial charge in [-0.1, -0.05) is 45.0 Å². The summed E-state index contributed by atoms with van der Waals surface area (Å²) in [5.41, 5.74) is 2.16. The molecule has 0 fully saturated rings. The number of nitrogens with zero attached hydrogens (tertiary/aromatic N) is 1. The molecule has 0 heterocycles. The van der Waals surface area contributed by atoms with Gasteiger partial charge in [0.25, 0.3) is 0 Å². The molecule has 1 aromatic rings. The smallest absolute Gasteiger partial charge is 0.303 e. The van der Waals surface area contributed by atoms with Crippen LogP contribution in [0.5, 0.6) is 0 Å². The molecule has 0 bridgehead atoms. The molecule has 1 unspecified atom stereocenters. The van der Waals surface area contributed by atoms with E-state index < -0.39 is 5.97 Å². The molecule has 0 aliphatic carbocycles. The zero-order valence-corrected chi connectivity index (χ0v) is 12.6. The van der Waals surface area contributed by atoms with Crippen LogP contribution in [0.1, 0.15) is 44.4 Å². The van der Waals surface area contributed by atoms with Gasteiger partial charge in [-0.05, 0) is 37.1 Å². The molecule has 3 heteroatoms. The van der Waals surface area contributed by atoms with E-state index in [1.165, 1.54) is 11.1 Å². The largest absolute Gasteiger partial charge is 0.481 e. The normalized spacial score (nSPS) is 13.6. The highest BCUT2D eigenvalue weighted by Crippen LogP contribution is 2.39. The Morgan fingerprint density at radius 3 is 2.16 bits per heavy atom. The van der Waals surface area contributed by atoms with E-state index in [9.17, 15) is 4.79 Å². The van der Waals surface area contributed by atoms with Crippen molar-refractivity contribution in [2.45, 2.75) is 39.7 Å². The van der Waals surface area contributed by atoms with Gasteiger partial charge in [0, 0.05) is 6.04 Å².